The summed E-state index contributed by atoms with van der Waals surface area (Å²) < 4.78 is 15.9. The topological polar surface area (TPSA) is 115 Å². The lowest BCUT2D eigenvalue weighted by Gasteiger charge is -2.15. The highest BCUT2D eigenvalue weighted by Crippen LogP contribution is 2.31. The second kappa shape index (κ2) is 15.3. The van der Waals surface area contributed by atoms with Crippen molar-refractivity contribution in [2.45, 2.75) is 17.1 Å². The van der Waals surface area contributed by atoms with Crippen LogP contribution in [0.15, 0.2) is 108 Å². The molecule has 0 aliphatic heterocycles. The van der Waals surface area contributed by atoms with E-state index in [1.165, 1.54) is 18.9 Å². The van der Waals surface area contributed by atoms with Gasteiger partial charge in [0.2, 0.25) is 5.91 Å². The average molecular weight is 612 g/mol. The lowest BCUT2D eigenvalue weighted by atomic mass is 10.1. The quantitative estimate of drug-likeness (QED) is 0.128. The first-order chi connectivity index (χ1) is 21.3. The number of carbonyl (C=O) groups is 3. The molecule has 0 spiro atoms. The monoisotopic (exact) mass is 611 g/mol. The molecule has 3 N–H and O–H groups in total. The van der Waals surface area contributed by atoms with Crippen LogP contribution in [0.2, 0.25) is 0 Å². The van der Waals surface area contributed by atoms with Gasteiger partial charge < -0.3 is 30.2 Å². The van der Waals surface area contributed by atoms with Gasteiger partial charge in [-0.25, -0.2) is 0 Å². The maximum Gasteiger partial charge on any atom is 0.272 e. The first kappa shape index (κ1) is 31.7. The van der Waals surface area contributed by atoms with Crippen LogP contribution < -0.4 is 30.2 Å². The summed E-state index contributed by atoms with van der Waals surface area (Å²) in [5, 5.41) is 8.02. The molecule has 10 heteroatoms. The van der Waals surface area contributed by atoms with Gasteiger partial charge in [-0.1, -0.05) is 30.3 Å². The van der Waals surface area contributed by atoms with E-state index in [1.807, 2.05) is 18.2 Å². The lowest BCUT2D eigenvalue weighted by Crippen LogP contribution is -2.30. The van der Waals surface area contributed by atoms with Gasteiger partial charge in [-0.2, -0.15) is 0 Å². The fraction of sp³-hybridized carbons (Fsp3) is 0.147. The summed E-state index contributed by atoms with van der Waals surface area (Å²) in [5.74, 6) is 0.612. The highest BCUT2D eigenvalue weighted by atomic mass is 32.2. The normalized spacial score (nSPS) is 11.6. The Labute approximate surface area is 260 Å². The summed E-state index contributed by atoms with van der Waals surface area (Å²) in [4.78, 5) is 40.0. The molecule has 44 heavy (non-hydrogen) atoms. The molecule has 1 atom stereocenters. The number of methoxy groups -OCH3 is 3. The Hall–Kier alpha value is -5.22. The number of hydrogen-bond acceptors (Lipinski definition) is 7. The molecule has 9 nitrogen and oxygen atoms in total. The number of rotatable bonds is 12. The molecule has 0 aliphatic carbocycles. The smallest absolute Gasteiger partial charge is 0.272 e. The number of amides is 3. The van der Waals surface area contributed by atoms with Crippen LogP contribution in [-0.2, 0) is 9.59 Å². The number of nitrogens with one attached hydrogen (secondary N) is 3. The van der Waals surface area contributed by atoms with E-state index in [0.717, 1.165) is 4.90 Å². The van der Waals surface area contributed by atoms with Crippen LogP contribution in [0.3, 0.4) is 0 Å². The number of ether oxygens (including phenoxy) is 3. The summed E-state index contributed by atoms with van der Waals surface area (Å²) in [5.41, 5.74) is 2.18. The zero-order valence-corrected chi connectivity index (χ0v) is 25.6. The SMILES string of the molecule is COc1cccc(/C=C(\NC(=O)c2ccccc2)C(=O)Nc2ccc(SC(C)C(=O)Nc3cc(OC)ccc3OC)cc2)c1. The number of anilines is 2. The van der Waals surface area contributed by atoms with Crippen LogP contribution in [0.1, 0.15) is 22.8 Å². The molecule has 0 saturated carbocycles. The third-order valence-electron chi connectivity index (χ3n) is 6.39. The molecule has 1 unspecified atom stereocenters. The molecule has 0 fully saturated rings. The number of benzene rings is 4. The largest absolute Gasteiger partial charge is 0.497 e. The molecule has 226 valence electrons. The molecule has 0 heterocycles. The van der Waals surface area contributed by atoms with Crippen LogP contribution >= 0.6 is 11.8 Å². The Kier molecular flexibility index (Phi) is 11.0. The fourth-order valence-corrected chi connectivity index (χ4v) is 4.93. The van der Waals surface area contributed by atoms with Crippen molar-refractivity contribution < 1.29 is 28.6 Å². The Bertz CT molecular complexity index is 1640. The minimum Gasteiger partial charge on any atom is -0.497 e. The average Bonchev–Trinajstić information content (AvgIpc) is 3.05. The van der Waals surface area contributed by atoms with Crippen LogP contribution in [0, 0.1) is 0 Å². The van der Waals surface area contributed by atoms with E-state index in [4.69, 9.17) is 14.2 Å². The van der Waals surface area contributed by atoms with E-state index in [1.54, 1.807) is 106 Å². The van der Waals surface area contributed by atoms with E-state index < -0.39 is 17.1 Å². The van der Waals surface area contributed by atoms with Crippen LogP contribution in [0.4, 0.5) is 11.4 Å². The Morgan fingerprint density at radius 2 is 1.45 bits per heavy atom. The van der Waals surface area contributed by atoms with Gasteiger partial charge in [-0.05, 0) is 79.2 Å². The van der Waals surface area contributed by atoms with E-state index in [9.17, 15) is 14.4 Å². The number of carbonyl (C=O) groups excluding carboxylic acids is 3. The van der Waals surface area contributed by atoms with Crippen molar-refractivity contribution in [3.05, 3.63) is 114 Å². The van der Waals surface area contributed by atoms with Gasteiger partial charge in [0, 0.05) is 22.2 Å². The van der Waals surface area contributed by atoms with E-state index in [2.05, 4.69) is 16.0 Å². The summed E-state index contributed by atoms with van der Waals surface area (Å²) >= 11 is 1.36. The summed E-state index contributed by atoms with van der Waals surface area (Å²) in [6.07, 6.45) is 1.58. The van der Waals surface area contributed by atoms with Gasteiger partial charge in [-0.15, -0.1) is 11.8 Å². The van der Waals surface area contributed by atoms with Crippen molar-refractivity contribution in [2.24, 2.45) is 0 Å². The molecule has 0 aliphatic rings. The second-order valence-electron chi connectivity index (χ2n) is 9.45. The third-order valence-corrected chi connectivity index (χ3v) is 7.50. The first-order valence-electron chi connectivity index (χ1n) is 13.6. The van der Waals surface area contributed by atoms with Gasteiger partial charge in [0.1, 0.15) is 22.9 Å². The molecule has 0 aromatic heterocycles. The minimum atomic E-state index is -0.502. The zero-order valence-electron chi connectivity index (χ0n) is 24.8. The third kappa shape index (κ3) is 8.65. The first-order valence-corrected chi connectivity index (χ1v) is 14.5. The number of hydrogen-bond donors (Lipinski definition) is 3. The standard InChI is InChI=1S/C34H33N3O6S/c1-22(32(38)36-29-21-27(42-3)15-18-31(29)43-4)44-28-16-13-25(14-17-28)35-34(40)30(20-23-9-8-12-26(19-23)41-2)37-33(39)24-10-6-5-7-11-24/h5-22H,1-4H3,(H,35,40)(H,36,38)(H,37,39)/b30-20-. The summed E-state index contributed by atoms with van der Waals surface area (Å²) in [6.45, 7) is 1.80. The van der Waals surface area contributed by atoms with Crippen molar-refractivity contribution in [2.75, 3.05) is 32.0 Å². The lowest BCUT2D eigenvalue weighted by molar-refractivity contribution is -0.115. The molecule has 3 amide bonds. The van der Waals surface area contributed by atoms with E-state index >= 15 is 0 Å². The van der Waals surface area contributed by atoms with Crippen LogP contribution in [0.5, 0.6) is 17.2 Å². The molecule has 0 saturated heterocycles. The van der Waals surface area contributed by atoms with Crippen LogP contribution in [-0.4, -0.2) is 44.3 Å². The van der Waals surface area contributed by atoms with Crippen molar-refractivity contribution in [1.82, 2.24) is 5.32 Å². The molecule has 0 radical (unpaired) electrons. The van der Waals surface area contributed by atoms with Crippen molar-refractivity contribution >= 4 is 46.9 Å². The Morgan fingerprint density at radius 3 is 2.14 bits per heavy atom. The van der Waals surface area contributed by atoms with Crippen molar-refractivity contribution in [3.8, 4) is 17.2 Å². The van der Waals surface area contributed by atoms with Crippen molar-refractivity contribution in [1.29, 1.82) is 0 Å². The van der Waals surface area contributed by atoms with Gasteiger partial charge in [-0.3, -0.25) is 14.4 Å². The maximum absolute atomic E-state index is 13.4. The number of thioether (sulfide) groups is 1. The summed E-state index contributed by atoms with van der Waals surface area (Å²) in [7, 11) is 4.64. The van der Waals surface area contributed by atoms with Gasteiger partial charge in [0.25, 0.3) is 11.8 Å². The Morgan fingerprint density at radius 1 is 0.750 bits per heavy atom. The molecule has 4 rings (SSSR count). The second-order valence-corrected chi connectivity index (χ2v) is 10.9. The van der Waals surface area contributed by atoms with Gasteiger partial charge in [0.15, 0.2) is 0 Å². The molecule has 4 aromatic carbocycles. The van der Waals surface area contributed by atoms with E-state index in [0.29, 0.717) is 39.8 Å². The predicted octanol–water partition coefficient (Wildman–Crippen LogP) is 6.24. The van der Waals surface area contributed by atoms with Crippen LogP contribution in [0.25, 0.3) is 6.08 Å². The maximum atomic E-state index is 13.4. The molecular formula is C34H33N3O6S. The van der Waals surface area contributed by atoms with E-state index in [-0.39, 0.29) is 11.6 Å². The highest BCUT2D eigenvalue weighted by Gasteiger charge is 2.18. The van der Waals surface area contributed by atoms with Gasteiger partial charge in [0.05, 0.1) is 32.3 Å². The fourth-order valence-electron chi connectivity index (χ4n) is 4.06. The minimum absolute atomic E-state index is 0.0591. The Balaban J connectivity index is 1.44. The summed E-state index contributed by atoms with van der Waals surface area (Å²) in [6, 6.07) is 28.1. The highest BCUT2D eigenvalue weighted by molar-refractivity contribution is 8.00. The predicted molar refractivity (Wildman–Crippen MR) is 173 cm³/mol. The molecular weight excluding hydrogens is 578 g/mol. The molecule has 0 bridgehead atoms. The zero-order chi connectivity index (χ0) is 31.5. The van der Waals surface area contributed by atoms with Crippen molar-refractivity contribution in [3.63, 3.8) is 0 Å². The molecule has 4 aromatic rings. The van der Waals surface area contributed by atoms with Gasteiger partial charge >= 0.3 is 0 Å².